The molecule has 2 aromatic carbocycles. The molecule has 35 heavy (non-hydrogen) atoms. The maximum absolute atomic E-state index is 12.9. The number of hydrogen-bond acceptors (Lipinski definition) is 5. The van der Waals surface area contributed by atoms with Gasteiger partial charge in [-0.05, 0) is 37.2 Å². The minimum absolute atomic E-state index is 0.0459. The van der Waals surface area contributed by atoms with Gasteiger partial charge in [0.05, 0.1) is 19.1 Å². The summed E-state index contributed by atoms with van der Waals surface area (Å²) in [5, 5.41) is 2.79. The fourth-order valence-corrected chi connectivity index (χ4v) is 4.54. The van der Waals surface area contributed by atoms with E-state index in [0.29, 0.717) is 18.9 Å². The summed E-state index contributed by atoms with van der Waals surface area (Å²) >= 11 is 0. The number of piperazine rings is 1. The molecule has 182 valence electrons. The Morgan fingerprint density at radius 2 is 1.46 bits per heavy atom. The Bertz CT molecular complexity index is 1070. The van der Waals surface area contributed by atoms with Crippen molar-refractivity contribution in [3.05, 3.63) is 95.7 Å². The van der Waals surface area contributed by atoms with Crippen molar-refractivity contribution in [1.82, 2.24) is 19.7 Å². The highest BCUT2D eigenvalue weighted by molar-refractivity contribution is 5.91. The monoisotopic (exact) mass is 471 g/mol. The summed E-state index contributed by atoms with van der Waals surface area (Å²) in [4.78, 5) is 35.7. The summed E-state index contributed by atoms with van der Waals surface area (Å²) in [5.74, 6) is 0.388. The number of nitrogens with one attached hydrogen (secondary N) is 1. The summed E-state index contributed by atoms with van der Waals surface area (Å²) in [6.45, 7) is 5.14. The van der Waals surface area contributed by atoms with Crippen LogP contribution in [0.3, 0.4) is 0 Å². The third-order valence-corrected chi connectivity index (χ3v) is 6.24. The van der Waals surface area contributed by atoms with E-state index in [2.05, 4.69) is 63.7 Å². The van der Waals surface area contributed by atoms with Crippen LogP contribution in [-0.4, -0.2) is 77.8 Å². The summed E-state index contributed by atoms with van der Waals surface area (Å²) in [6, 6.07) is 26.7. The Balaban J connectivity index is 1.30. The van der Waals surface area contributed by atoms with Crippen molar-refractivity contribution in [2.24, 2.45) is 0 Å². The smallest absolute Gasteiger partial charge is 0.239 e. The van der Waals surface area contributed by atoms with E-state index >= 15 is 0 Å². The first-order valence-corrected chi connectivity index (χ1v) is 12.0. The van der Waals surface area contributed by atoms with Gasteiger partial charge in [0.25, 0.3) is 0 Å². The molecule has 1 aromatic heterocycles. The maximum atomic E-state index is 12.9. The van der Waals surface area contributed by atoms with E-state index in [0.717, 1.165) is 18.8 Å². The molecule has 0 radical (unpaired) electrons. The molecule has 0 saturated carbocycles. The fourth-order valence-electron chi connectivity index (χ4n) is 4.54. The number of amides is 2. The second-order valence-corrected chi connectivity index (χ2v) is 9.03. The fraction of sp³-hybridized carbons (Fsp3) is 0.321. The lowest BCUT2D eigenvalue weighted by molar-refractivity contribution is -0.134. The number of likely N-dealkylation sites (N-methyl/N-ethyl adjacent to an activating group) is 1. The van der Waals surface area contributed by atoms with E-state index in [1.54, 1.807) is 18.0 Å². The van der Waals surface area contributed by atoms with Gasteiger partial charge in [0.1, 0.15) is 5.82 Å². The number of pyridine rings is 1. The predicted molar refractivity (Wildman–Crippen MR) is 138 cm³/mol. The molecule has 0 bridgehead atoms. The van der Waals surface area contributed by atoms with Gasteiger partial charge in [-0.1, -0.05) is 66.7 Å². The standard InChI is InChI=1S/C28H33N5O2/c1-22-10-9-15-25(29-22)30-26(34)20-31(2)21-27(35)32-16-18-33(19-17-32)28(23-11-5-3-6-12-23)24-13-7-4-8-14-24/h3-15,28H,16-21H2,1-2H3,(H,29,30,34). The van der Waals surface area contributed by atoms with Crippen LogP contribution >= 0.6 is 0 Å². The molecule has 1 aliphatic heterocycles. The molecular formula is C28H33N5O2. The molecule has 2 heterocycles. The number of hydrogen-bond donors (Lipinski definition) is 1. The van der Waals surface area contributed by atoms with Gasteiger partial charge in [0.2, 0.25) is 11.8 Å². The lowest BCUT2D eigenvalue weighted by atomic mass is 9.96. The molecule has 2 amide bonds. The zero-order chi connectivity index (χ0) is 24.6. The van der Waals surface area contributed by atoms with Crippen LogP contribution in [0.1, 0.15) is 22.9 Å². The molecule has 3 aromatic rings. The molecule has 1 N–H and O–H groups in total. The largest absolute Gasteiger partial charge is 0.339 e. The van der Waals surface area contributed by atoms with E-state index in [-0.39, 0.29) is 30.9 Å². The highest BCUT2D eigenvalue weighted by Gasteiger charge is 2.28. The molecule has 1 fully saturated rings. The topological polar surface area (TPSA) is 68.8 Å². The van der Waals surface area contributed by atoms with Crippen LogP contribution in [-0.2, 0) is 9.59 Å². The van der Waals surface area contributed by atoms with Crippen LogP contribution in [0.25, 0.3) is 0 Å². The summed E-state index contributed by atoms with van der Waals surface area (Å²) in [7, 11) is 1.79. The molecule has 0 aliphatic carbocycles. The first-order valence-electron chi connectivity index (χ1n) is 12.0. The van der Waals surface area contributed by atoms with Crippen LogP contribution in [0.5, 0.6) is 0 Å². The van der Waals surface area contributed by atoms with Gasteiger partial charge >= 0.3 is 0 Å². The Morgan fingerprint density at radius 1 is 0.857 bits per heavy atom. The van der Waals surface area contributed by atoms with Gasteiger partial charge in [-0.25, -0.2) is 4.98 Å². The first kappa shape index (κ1) is 24.6. The van der Waals surface area contributed by atoms with Gasteiger partial charge in [-0.2, -0.15) is 0 Å². The molecule has 4 rings (SSSR count). The highest BCUT2D eigenvalue weighted by Crippen LogP contribution is 2.29. The average Bonchev–Trinajstić information content (AvgIpc) is 2.86. The van der Waals surface area contributed by atoms with Crippen molar-refractivity contribution >= 4 is 17.6 Å². The van der Waals surface area contributed by atoms with Gasteiger partial charge in [0.15, 0.2) is 0 Å². The summed E-state index contributed by atoms with van der Waals surface area (Å²) in [5.41, 5.74) is 3.35. The molecular weight excluding hydrogens is 438 g/mol. The van der Waals surface area contributed by atoms with Crippen molar-refractivity contribution < 1.29 is 9.59 Å². The average molecular weight is 472 g/mol. The van der Waals surface area contributed by atoms with E-state index in [1.807, 2.05) is 36.1 Å². The molecule has 1 aliphatic rings. The third-order valence-electron chi connectivity index (χ3n) is 6.24. The van der Waals surface area contributed by atoms with Crippen LogP contribution in [0.4, 0.5) is 5.82 Å². The lowest BCUT2D eigenvalue weighted by Gasteiger charge is -2.40. The summed E-state index contributed by atoms with van der Waals surface area (Å²) in [6.07, 6.45) is 0. The second kappa shape index (κ2) is 11.7. The number of aryl methyl sites for hydroxylation is 1. The minimum atomic E-state index is -0.184. The number of anilines is 1. The number of benzene rings is 2. The number of aromatic nitrogens is 1. The number of carbonyl (C=O) groups is 2. The Labute approximate surface area is 207 Å². The van der Waals surface area contributed by atoms with Crippen LogP contribution in [0, 0.1) is 6.92 Å². The van der Waals surface area contributed by atoms with E-state index in [9.17, 15) is 9.59 Å². The first-order chi connectivity index (χ1) is 17.0. The number of carbonyl (C=O) groups excluding carboxylic acids is 2. The molecule has 0 unspecified atom stereocenters. The quantitative estimate of drug-likeness (QED) is 0.547. The Kier molecular flexibility index (Phi) is 8.23. The van der Waals surface area contributed by atoms with Crippen molar-refractivity contribution in [2.75, 3.05) is 51.6 Å². The van der Waals surface area contributed by atoms with Gasteiger partial charge in [-0.15, -0.1) is 0 Å². The van der Waals surface area contributed by atoms with Crippen molar-refractivity contribution in [3.8, 4) is 0 Å². The Morgan fingerprint density at radius 3 is 2.03 bits per heavy atom. The zero-order valence-corrected chi connectivity index (χ0v) is 20.4. The third kappa shape index (κ3) is 6.74. The summed E-state index contributed by atoms with van der Waals surface area (Å²) < 4.78 is 0. The minimum Gasteiger partial charge on any atom is -0.339 e. The number of rotatable bonds is 8. The predicted octanol–water partition coefficient (Wildman–Crippen LogP) is 3.19. The van der Waals surface area contributed by atoms with E-state index in [1.165, 1.54) is 11.1 Å². The van der Waals surface area contributed by atoms with Crippen molar-refractivity contribution in [2.45, 2.75) is 13.0 Å². The Hall–Kier alpha value is -3.55. The molecule has 0 atom stereocenters. The van der Waals surface area contributed by atoms with Crippen molar-refractivity contribution in [3.63, 3.8) is 0 Å². The second-order valence-electron chi connectivity index (χ2n) is 9.03. The van der Waals surface area contributed by atoms with Gasteiger partial charge in [-0.3, -0.25) is 19.4 Å². The molecule has 7 nitrogen and oxygen atoms in total. The zero-order valence-electron chi connectivity index (χ0n) is 20.4. The van der Waals surface area contributed by atoms with Crippen molar-refractivity contribution in [1.29, 1.82) is 0 Å². The molecule has 7 heteroatoms. The highest BCUT2D eigenvalue weighted by atomic mass is 16.2. The molecule has 0 spiro atoms. The van der Waals surface area contributed by atoms with Crippen LogP contribution < -0.4 is 5.32 Å². The van der Waals surface area contributed by atoms with Gasteiger partial charge in [0, 0.05) is 31.9 Å². The number of nitrogens with zero attached hydrogens (tertiary/aromatic N) is 4. The normalized spacial score (nSPS) is 14.3. The molecule has 1 saturated heterocycles. The van der Waals surface area contributed by atoms with Gasteiger partial charge < -0.3 is 10.2 Å². The SMILES string of the molecule is Cc1cccc(NC(=O)CN(C)CC(=O)N2CCN(C(c3ccccc3)c3ccccc3)CC2)n1. The van der Waals surface area contributed by atoms with Crippen LogP contribution in [0.2, 0.25) is 0 Å². The van der Waals surface area contributed by atoms with Crippen LogP contribution in [0.15, 0.2) is 78.9 Å². The maximum Gasteiger partial charge on any atom is 0.239 e. The lowest BCUT2D eigenvalue weighted by Crippen LogP contribution is -2.52. The van der Waals surface area contributed by atoms with E-state index < -0.39 is 0 Å². The van der Waals surface area contributed by atoms with E-state index in [4.69, 9.17) is 0 Å².